The van der Waals surface area contributed by atoms with Crippen LogP contribution < -0.4 is 5.32 Å². The van der Waals surface area contributed by atoms with E-state index >= 15 is 0 Å². The molecule has 0 saturated carbocycles. The highest BCUT2D eigenvalue weighted by Gasteiger charge is 2.16. The highest BCUT2D eigenvalue weighted by atomic mass is 35.5. The Morgan fingerprint density at radius 2 is 2.37 bits per heavy atom. The fourth-order valence-corrected chi connectivity index (χ4v) is 3.40. The highest BCUT2D eigenvalue weighted by molar-refractivity contribution is 7.09. The lowest BCUT2D eigenvalue weighted by molar-refractivity contribution is 0.601. The highest BCUT2D eigenvalue weighted by Crippen LogP contribution is 2.27. The van der Waals surface area contributed by atoms with Gasteiger partial charge in [0.15, 0.2) is 0 Å². The van der Waals surface area contributed by atoms with Crippen LogP contribution in [0.15, 0.2) is 23.6 Å². The molecule has 2 nitrogen and oxygen atoms in total. The van der Waals surface area contributed by atoms with Crippen molar-refractivity contribution in [3.63, 3.8) is 0 Å². The Balaban J connectivity index is 1.78. The largest absolute Gasteiger partial charge is 0.314 e. The van der Waals surface area contributed by atoms with E-state index in [4.69, 9.17) is 11.6 Å². The third-order valence-corrected chi connectivity index (χ3v) is 4.51. The molecule has 1 saturated heterocycles. The predicted octanol–water partition coefficient (Wildman–Crippen LogP) is 3.90. The lowest BCUT2D eigenvalue weighted by Crippen LogP contribution is -2.23. The van der Waals surface area contributed by atoms with Crippen molar-refractivity contribution in [3.8, 4) is 11.3 Å². The maximum atomic E-state index is 13.1. The van der Waals surface area contributed by atoms with Gasteiger partial charge in [-0.25, -0.2) is 9.37 Å². The molecule has 0 amide bonds. The first-order valence-electron chi connectivity index (χ1n) is 6.35. The Labute approximate surface area is 120 Å². The Morgan fingerprint density at radius 3 is 3.11 bits per heavy atom. The van der Waals surface area contributed by atoms with Gasteiger partial charge < -0.3 is 5.32 Å². The molecule has 3 rings (SSSR count). The minimum atomic E-state index is -0.393. The summed E-state index contributed by atoms with van der Waals surface area (Å²) in [5.74, 6) is -0.393. The molecule has 1 aromatic carbocycles. The van der Waals surface area contributed by atoms with Crippen LogP contribution in [-0.4, -0.2) is 17.6 Å². The van der Waals surface area contributed by atoms with Gasteiger partial charge >= 0.3 is 0 Å². The number of benzene rings is 1. The van der Waals surface area contributed by atoms with E-state index in [0.717, 1.165) is 29.2 Å². The summed E-state index contributed by atoms with van der Waals surface area (Å²) in [6, 6.07) is 5.28. The number of hydrogen-bond acceptors (Lipinski definition) is 3. The van der Waals surface area contributed by atoms with Gasteiger partial charge in [0.05, 0.1) is 15.7 Å². The molecule has 1 aliphatic heterocycles. The SMILES string of the molecule is Fc1ccc(-c2csc(CC3CCCN3)n2)cc1Cl. The molecule has 1 fully saturated rings. The first-order chi connectivity index (χ1) is 9.22. The van der Waals surface area contributed by atoms with Gasteiger partial charge in [-0.1, -0.05) is 11.6 Å². The molecule has 19 heavy (non-hydrogen) atoms. The minimum absolute atomic E-state index is 0.143. The van der Waals surface area contributed by atoms with Crippen LogP contribution in [-0.2, 0) is 6.42 Å². The molecule has 0 bridgehead atoms. The van der Waals surface area contributed by atoms with Crippen LogP contribution >= 0.6 is 22.9 Å². The van der Waals surface area contributed by atoms with Crippen molar-refractivity contribution >= 4 is 22.9 Å². The van der Waals surface area contributed by atoms with Crippen LogP contribution in [0.4, 0.5) is 4.39 Å². The van der Waals surface area contributed by atoms with Gasteiger partial charge in [0.1, 0.15) is 5.82 Å². The number of halogens is 2. The van der Waals surface area contributed by atoms with E-state index in [9.17, 15) is 4.39 Å². The molecular formula is C14H14ClFN2S. The normalized spacial score (nSPS) is 18.9. The number of hydrogen-bond donors (Lipinski definition) is 1. The van der Waals surface area contributed by atoms with Crippen molar-refractivity contribution in [1.82, 2.24) is 10.3 Å². The molecular weight excluding hydrogens is 283 g/mol. The zero-order valence-corrected chi connectivity index (χ0v) is 11.9. The second kappa shape index (κ2) is 5.57. The maximum absolute atomic E-state index is 13.1. The average Bonchev–Trinajstić information content (AvgIpc) is 3.05. The van der Waals surface area contributed by atoms with E-state index in [0.29, 0.717) is 6.04 Å². The van der Waals surface area contributed by atoms with Crippen molar-refractivity contribution in [2.45, 2.75) is 25.3 Å². The summed E-state index contributed by atoms with van der Waals surface area (Å²) in [5.41, 5.74) is 1.74. The van der Waals surface area contributed by atoms with E-state index in [1.165, 1.54) is 18.9 Å². The Kier molecular flexibility index (Phi) is 3.82. The van der Waals surface area contributed by atoms with Crippen molar-refractivity contribution in [1.29, 1.82) is 0 Å². The van der Waals surface area contributed by atoms with Gasteiger partial charge in [-0.15, -0.1) is 11.3 Å². The number of thiazole rings is 1. The standard InChI is InChI=1S/C14H14ClFN2S/c15-11-6-9(3-4-12(11)16)13-8-19-14(18-13)7-10-2-1-5-17-10/h3-4,6,8,10,17H,1-2,5,7H2. The minimum Gasteiger partial charge on any atom is -0.314 e. The number of rotatable bonds is 3. The molecule has 1 N–H and O–H groups in total. The summed E-state index contributed by atoms with van der Waals surface area (Å²) < 4.78 is 13.1. The topological polar surface area (TPSA) is 24.9 Å². The lowest BCUT2D eigenvalue weighted by atomic mass is 10.1. The van der Waals surface area contributed by atoms with Gasteiger partial charge in [-0.05, 0) is 37.6 Å². The van der Waals surface area contributed by atoms with E-state index < -0.39 is 5.82 Å². The molecule has 1 aromatic heterocycles. The smallest absolute Gasteiger partial charge is 0.141 e. The zero-order valence-electron chi connectivity index (χ0n) is 10.3. The summed E-state index contributed by atoms with van der Waals surface area (Å²) in [6.45, 7) is 1.11. The van der Waals surface area contributed by atoms with Crippen LogP contribution in [0.3, 0.4) is 0 Å². The summed E-state index contributed by atoms with van der Waals surface area (Å²) in [4.78, 5) is 4.61. The third-order valence-electron chi connectivity index (χ3n) is 3.35. The monoisotopic (exact) mass is 296 g/mol. The van der Waals surface area contributed by atoms with E-state index in [1.807, 2.05) is 5.38 Å². The number of aromatic nitrogens is 1. The molecule has 1 atom stereocenters. The predicted molar refractivity (Wildman–Crippen MR) is 77.2 cm³/mol. The molecule has 5 heteroatoms. The Morgan fingerprint density at radius 1 is 1.47 bits per heavy atom. The first kappa shape index (κ1) is 13.0. The quantitative estimate of drug-likeness (QED) is 0.929. The molecule has 1 aliphatic rings. The third kappa shape index (κ3) is 2.96. The Bertz CT molecular complexity index is 579. The fraction of sp³-hybridized carbons (Fsp3) is 0.357. The van der Waals surface area contributed by atoms with Gasteiger partial charge in [-0.3, -0.25) is 0 Å². The summed E-state index contributed by atoms with van der Waals surface area (Å²) in [7, 11) is 0. The summed E-state index contributed by atoms with van der Waals surface area (Å²) >= 11 is 7.45. The lowest BCUT2D eigenvalue weighted by Gasteiger charge is -2.06. The molecule has 100 valence electrons. The van der Waals surface area contributed by atoms with Gasteiger partial charge in [-0.2, -0.15) is 0 Å². The summed E-state index contributed by atoms with van der Waals surface area (Å²) in [5, 5.41) is 6.74. The molecule has 0 aliphatic carbocycles. The van der Waals surface area contributed by atoms with E-state index in [2.05, 4.69) is 10.3 Å². The average molecular weight is 297 g/mol. The van der Waals surface area contributed by atoms with Crippen LogP contribution in [0, 0.1) is 5.82 Å². The van der Waals surface area contributed by atoms with Gasteiger partial charge in [0.25, 0.3) is 0 Å². The van der Waals surface area contributed by atoms with Gasteiger partial charge in [0, 0.05) is 23.4 Å². The molecule has 0 spiro atoms. The fourth-order valence-electron chi connectivity index (χ4n) is 2.33. The van der Waals surface area contributed by atoms with Crippen LogP contribution in [0.5, 0.6) is 0 Å². The second-order valence-corrected chi connectivity index (χ2v) is 6.10. The van der Waals surface area contributed by atoms with Crippen molar-refractivity contribution in [2.24, 2.45) is 0 Å². The maximum Gasteiger partial charge on any atom is 0.141 e. The van der Waals surface area contributed by atoms with Gasteiger partial charge in [0.2, 0.25) is 0 Å². The van der Waals surface area contributed by atoms with Crippen LogP contribution in [0.25, 0.3) is 11.3 Å². The number of nitrogens with one attached hydrogen (secondary N) is 1. The van der Waals surface area contributed by atoms with Crippen LogP contribution in [0.1, 0.15) is 17.8 Å². The molecule has 2 aromatic rings. The van der Waals surface area contributed by atoms with E-state index in [-0.39, 0.29) is 5.02 Å². The zero-order chi connectivity index (χ0) is 13.2. The van der Waals surface area contributed by atoms with Crippen molar-refractivity contribution < 1.29 is 4.39 Å². The Hall–Kier alpha value is -0.970. The number of nitrogens with zero attached hydrogens (tertiary/aromatic N) is 1. The van der Waals surface area contributed by atoms with Crippen LogP contribution in [0.2, 0.25) is 5.02 Å². The van der Waals surface area contributed by atoms with Crippen molar-refractivity contribution in [2.75, 3.05) is 6.54 Å². The molecule has 2 heterocycles. The van der Waals surface area contributed by atoms with Crippen molar-refractivity contribution in [3.05, 3.63) is 39.4 Å². The summed E-state index contributed by atoms with van der Waals surface area (Å²) in [6.07, 6.45) is 3.44. The second-order valence-electron chi connectivity index (χ2n) is 4.75. The first-order valence-corrected chi connectivity index (χ1v) is 7.61. The molecule has 0 radical (unpaired) electrons. The molecule has 1 unspecified atom stereocenters. The van der Waals surface area contributed by atoms with E-state index in [1.54, 1.807) is 23.5 Å².